The Balaban J connectivity index is 3.45. The van der Waals surface area contributed by atoms with E-state index in [-0.39, 0.29) is 6.04 Å². The van der Waals surface area contributed by atoms with Gasteiger partial charge in [-0.1, -0.05) is 19.9 Å². The van der Waals surface area contributed by atoms with Crippen LogP contribution in [-0.2, 0) is 15.9 Å². The smallest absolute Gasteiger partial charge is 0.207 e. The Labute approximate surface area is 135 Å². The maximum atomic E-state index is 12.9. The number of sulfonamides is 1. The summed E-state index contributed by atoms with van der Waals surface area (Å²) in [7, 11) is -3.52. The summed E-state index contributed by atoms with van der Waals surface area (Å²) in [5.74, 6) is 0.298. The number of rotatable bonds is 6. The molecule has 0 spiro atoms. The summed E-state index contributed by atoms with van der Waals surface area (Å²) in [6.45, 7) is 8.09. The topological polar surface area (TPSA) is 37.4 Å². The van der Waals surface area contributed by atoms with E-state index in [4.69, 9.17) is 11.6 Å². The SMILES string of the molecule is CCC(C)N(CC)S(=O)(=O)c1cc(CCl)cc(C)c1Br. The van der Waals surface area contributed by atoms with Gasteiger partial charge in [0.25, 0.3) is 0 Å². The summed E-state index contributed by atoms with van der Waals surface area (Å²) in [6, 6.07) is 3.52. The van der Waals surface area contributed by atoms with E-state index in [9.17, 15) is 8.42 Å². The van der Waals surface area contributed by atoms with Crippen molar-refractivity contribution in [1.82, 2.24) is 4.31 Å². The molecule has 0 N–H and O–H groups in total. The third kappa shape index (κ3) is 3.56. The molecule has 0 amide bonds. The van der Waals surface area contributed by atoms with Crippen LogP contribution in [0.15, 0.2) is 21.5 Å². The monoisotopic (exact) mass is 381 g/mol. The van der Waals surface area contributed by atoms with E-state index in [1.54, 1.807) is 6.07 Å². The molecule has 1 atom stereocenters. The Morgan fingerprint density at radius 3 is 2.40 bits per heavy atom. The van der Waals surface area contributed by atoms with Crippen LogP contribution in [0.2, 0.25) is 0 Å². The number of alkyl halides is 1. The Morgan fingerprint density at radius 1 is 1.35 bits per heavy atom. The molecule has 0 heterocycles. The van der Waals surface area contributed by atoms with E-state index in [0.717, 1.165) is 17.5 Å². The summed E-state index contributed by atoms with van der Waals surface area (Å²) >= 11 is 9.25. The van der Waals surface area contributed by atoms with Gasteiger partial charge >= 0.3 is 0 Å². The zero-order chi connectivity index (χ0) is 15.5. The van der Waals surface area contributed by atoms with Crippen molar-refractivity contribution in [3.05, 3.63) is 27.7 Å². The van der Waals surface area contributed by atoms with Gasteiger partial charge in [0.05, 0.1) is 4.90 Å². The Hall–Kier alpha value is -0.100. The standard InChI is InChI=1S/C14H21BrClNO2S/c1-5-11(4)17(6-2)20(18,19)13-8-12(9-16)7-10(3)14(13)15/h7-8,11H,5-6,9H2,1-4H3. The first-order valence-corrected chi connectivity index (χ1v) is 9.43. The minimum Gasteiger partial charge on any atom is -0.207 e. The zero-order valence-corrected chi connectivity index (χ0v) is 15.4. The van der Waals surface area contributed by atoms with E-state index >= 15 is 0 Å². The molecule has 1 unspecified atom stereocenters. The van der Waals surface area contributed by atoms with E-state index in [1.807, 2.05) is 33.8 Å². The van der Waals surface area contributed by atoms with E-state index in [1.165, 1.54) is 4.31 Å². The van der Waals surface area contributed by atoms with Crippen molar-refractivity contribution >= 4 is 37.6 Å². The number of hydrogen-bond donors (Lipinski definition) is 0. The van der Waals surface area contributed by atoms with Crippen LogP contribution in [0.3, 0.4) is 0 Å². The lowest BCUT2D eigenvalue weighted by atomic mass is 10.2. The van der Waals surface area contributed by atoms with Crippen molar-refractivity contribution in [2.75, 3.05) is 6.54 Å². The molecule has 0 radical (unpaired) electrons. The Bertz CT molecular complexity index is 575. The zero-order valence-electron chi connectivity index (χ0n) is 12.3. The molecule has 0 aromatic heterocycles. The molecule has 0 aliphatic carbocycles. The second-order valence-corrected chi connectivity index (χ2v) is 7.74. The third-order valence-corrected chi connectivity index (χ3v) is 7.15. The number of benzene rings is 1. The van der Waals surface area contributed by atoms with Gasteiger partial charge in [0, 0.05) is 22.9 Å². The van der Waals surface area contributed by atoms with Crippen molar-refractivity contribution in [2.24, 2.45) is 0 Å². The van der Waals surface area contributed by atoms with E-state index in [2.05, 4.69) is 15.9 Å². The minimum atomic E-state index is -3.52. The van der Waals surface area contributed by atoms with Crippen LogP contribution >= 0.6 is 27.5 Å². The van der Waals surface area contributed by atoms with Crippen molar-refractivity contribution in [3.63, 3.8) is 0 Å². The van der Waals surface area contributed by atoms with Crippen LogP contribution in [0, 0.1) is 6.92 Å². The molecule has 0 saturated heterocycles. The second-order valence-electron chi connectivity index (χ2n) is 4.82. The van der Waals surface area contributed by atoms with Crippen molar-refractivity contribution in [1.29, 1.82) is 0 Å². The number of halogens is 2. The van der Waals surface area contributed by atoms with Gasteiger partial charge in [0.15, 0.2) is 0 Å². The van der Waals surface area contributed by atoms with Crippen molar-refractivity contribution in [2.45, 2.75) is 50.9 Å². The van der Waals surface area contributed by atoms with E-state index in [0.29, 0.717) is 21.8 Å². The molecule has 0 fully saturated rings. The Morgan fingerprint density at radius 2 is 1.95 bits per heavy atom. The molecule has 0 saturated carbocycles. The quantitative estimate of drug-likeness (QED) is 0.688. The van der Waals surface area contributed by atoms with Gasteiger partial charge in [0.1, 0.15) is 0 Å². The van der Waals surface area contributed by atoms with Gasteiger partial charge in [-0.25, -0.2) is 8.42 Å². The molecule has 1 aromatic carbocycles. The predicted molar refractivity (Wildman–Crippen MR) is 87.8 cm³/mol. The summed E-state index contributed by atoms with van der Waals surface area (Å²) in [5.41, 5.74) is 1.69. The number of aryl methyl sites for hydroxylation is 1. The molecule has 114 valence electrons. The highest BCUT2D eigenvalue weighted by molar-refractivity contribution is 9.10. The predicted octanol–water partition coefficient (Wildman–Crippen LogP) is 4.31. The van der Waals surface area contributed by atoms with Crippen molar-refractivity contribution < 1.29 is 8.42 Å². The summed E-state index contributed by atoms with van der Waals surface area (Å²) in [5, 5.41) is 0. The van der Waals surface area contributed by atoms with Gasteiger partial charge in [-0.15, -0.1) is 11.6 Å². The van der Waals surface area contributed by atoms with Crippen LogP contribution in [0.4, 0.5) is 0 Å². The van der Waals surface area contributed by atoms with Crippen LogP contribution in [0.25, 0.3) is 0 Å². The van der Waals surface area contributed by atoms with Crippen LogP contribution in [0.5, 0.6) is 0 Å². The molecule has 1 rings (SSSR count). The minimum absolute atomic E-state index is 0.0307. The fourth-order valence-electron chi connectivity index (χ4n) is 2.12. The molecular formula is C14H21BrClNO2S. The fourth-order valence-corrected chi connectivity index (χ4v) is 5.02. The van der Waals surface area contributed by atoms with Crippen LogP contribution in [-0.4, -0.2) is 25.3 Å². The maximum absolute atomic E-state index is 12.9. The normalized spacial score (nSPS) is 13.8. The van der Waals surface area contributed by atoms with Gasteiger partial charge in [-0.05, 0) is 53.4 Å². The molecule has 20 heavy (non-hydrogen) atoms. The molecular weight excluding hydrogens is 362 g/mol. The highest BCUT2D eigenvalue weighted by Crippen LogP contribution is 2.31. The van der Waals surface area contributed by atoms with Crippen LogP contribution < -0.4 is 0 Å². The molecule has 3 nitrogen and oxygen atoms in total. The fraction of sp³-hybridized carbons (Fsp3) is 0.571. The molecule has 0 bridgehead atoms. The van der Waals surface area contributed by atoms with Crippen LogP contribution in [0.1, 0.15) is 38.3 Å². The first kappa shape index (κ1) is 18.0. The van der Waals surface area contributed by atoms with Gasteiger partial charge in [0.2, 0.25) is 10.0 Å². The lowest BCUT2D eigenvalue weighted by molar-refractivity contribution is 0.342. The van der Waals surface area contributed by atoms with Gasteiger partial charge < -0.3 is 0 Å². The average Bonchev–Trinajstić information content (AvgIpc) is 2.41. The lowest BCUT2D eigenvalue weighted by Gasteiger charge is -2.27. The van der Waals surface area contributed by atoms with Gasteiger partial charge in [-0.2, -0.15) is 4.31 Å². The largest absolute Gasteiger partial charge is 0.244 e. The molecule has 6 heteroatoms. The lowest BCUT2D eigenvalue weighted by Crippen LogP contribution is -2.38. The number of hydrogen-bond acceptors (Lipinski definition) is 2. The first-order chi connectivity index (χ1) is 9.29. The second kappa shape index (κ2) is 7.25. The molecule has 0 aliphatic rings. The van der Waals surface area contributed by atoms with Crippen molar-refractivity contribution in [3.8, 4) is 0 Å². The third-order valence-electron chi connectivity index (χ3n) is 3.42. The number of nitrogens with zero attached hydrogens (tertiary/aromatic N) is 1. The molecule has 0 aliphatic heterocycles. The highest BCUT2D eigenvalue weighted by atomic mass is 79.9. The summed E-state index contributed by atoms with van der Waals surface area (Å²) in [4.78, 5) is 0.301. The highest BCUT2D eigenvalue weighted by Gasteiger charge is 2.29. The maximum Gasteiger partial charge on any atom is 0.244 e. The first-order valence-electron chi connectivity index (χ1n) is 6.66. The van der Waals surface area contributed by atoms with Gasteiger partial charge in [-0.3, -0.25) is 0 Å². The summed E-state index contributed by atoms with van der Waals surface area (Å²) < 4.78 is 27.9. The average molecular weight is 383 g/mol. The van der Waals surface area contributed by atoms with E-state index < -0.39 is 10.0 Å². The Kier molecular flexibility index (Phi) is 6.51. The summed E-state index contributed by atoms with van der Waals surface area (Å²) in [6.07, 6.45) is 0.777. The molecule has 1 aromatic rings.